The SMILES string of the molecule is CNCC1COc2ccc(S(=O)(=O)c3cccc(C)c3)cc2O1. The number of likely N-dealkylation sites (N-methyl/N-ethyl adjacent to an activating group) is 1. The third-order valence-corrected chi connectivity index (χ3v) is 5.42. The minimum atomic E-state index is -3.58. The first-order valence-corrected chi connectivity index (χ1v) is 8.89. The van der Waals surface area contributed by atoms with Crippen LogP contribution in [0.3, 0.4) is 0 Å². The van der Waals surface area contributed by atoms with Crippen LogP contribution >= 0.6 is 0 Å². The lowest BCUT2D eigenvalue weighted by Crippen LogP contribution is -2.37. The molecule has 23 heavy (non-hydrogen) atoms. The topological polar surface area (TPSA) is 64.6 Å². The Bertz CT molecular complexity index is 817. The molecule has 1 aliphatic rings. The van der Waals surface area contributed by atoms with Crippen molar-refractivity contribution in [3.8, 4) is 11.5 Å². The Morgan fingerprint density at radius 3 is 2.65 bits per heavy atom. The van der Waals surface area contributed by atoms with Gasteiger partial charge in [-0.15, -0.1) is 0 Å². The van der Waals surface area contributed by atoms with E-state index in [1.165, 1.54) is 6.07 Å². The normalized spacial score (nSPS) is 17.0. The lowest BCUT2D eigenvalue weighted by Gasteiger charge is -2.26. The van der Waals surface area contributed by atoms with Crippen LogP contribution in [0, 0.1) is 6.92 Å². The third kappa shape index (κ3) is 3.18. The second-order valence-corrected chi connectivity index (χ2v) is 7.49. The van der Waals surface area contributed by atoms with Crippen molar-refractivity contribution >= 4 is 9.84 Å². The van der Waals surface area contributed by atoms with Gasteiger partial charge in [0.05, 0.1) is 9.79 Å². The summed E-state index contributed by atoms with van der Waals surface area (Å²) < 4.78 is 37.0. The molecule has 0 aromatic heterocycles. The molecule has 6 heteroatoms. The number of ether oxygens (including phenoxy) is 2. The highest BCUT2D eigenvalue weighted by atomic mass is 32.2. The van der Waals surface area contributed by atoms with E-state index < -0.39 is 9.84 Å². The summed E-state index contributed by atoms with van der Waals surface area (Å²) in [7, 11) is -1.75. The monoisotopic (exact) mass is 333 g/mol. The minimum Gasteiger partial charge on any atom is -0.486 e. The largest absolute Gasteiger partial charge is 0.486 e. The smallest absolute Gasteiger partial charge is 0.206 e. The van der Waals surface area contributed by atoms with Gasteiger partial charge in [-0.25, -0.2) is 8.42 Å². The van der Waals surface area contributed by atoms with E-state index in [4.69, 9.17) is 9.47 Å². The van der Waals surface area contributed by atoms with Crippen LogP contribution in [0.25, 0.3) is 0 Å². The van der Waals surface area contributed by atoms with Crippen LogP contribution in [-0.2, 0) is 9.84 Å². The molecule has 0 amide bonds. The highest BCUT2D eigenvalue weighted by Crippen LogP contribution is 2.35. The molecule has 122 valence electrons. The maximum atomic E-state index is 12.8. The predicted molar refractivity (Wildman–Crippen MR) is 86.9 cm³/mol. The number of fused-ring (bicyclic) bond motifs is 1. The molecular formula is C17H19NO4S. The molecule has 3 rings (SSSR count). The molecule has 0 bridgehead atoms. The number of hydrogen-bond acceptors (Lipinski definition) is 5. The molecule has 1 N–H and O–H groups in total. The fourth-order valence-corrected chi connectivity index (χ4v) is 3.89. The van der Waals surface area contributed by atoms with E-state index in [0.29, 0.717) is 24.7 Å². The average molecular weight is 333 g/mol. The van der Waals surface area contributed by atoms with Gasteiger partial charge >= 0.3 is 0 Å². The summed E-state index contributed by atoms with van der Waals surface area (Å²) in [5.41, 5.74) is 0.901. The second-order valence-electron chi connectivity index (χ2n) is 5.54. The highest BCUT2D eigenvalue weighted by Gasteiger charge is 2.24. The number of aryl methyl sites for hydroxylation is 1. The molecule has 1 aliphatic heterocycles. The van der Waals surface area contributed by atoms with Crippen molar-refractivity contribution in [1.82, 2.24) is 5.32 Å². The Balaban J connectivity index is 1.97. The first-order valence-electron chi connectivity index (χ1n) is 7.40. The third-order valence-electron chi connectivity index (χ3n) is 3.68. The highest BCUT2D eigenvalue weighted by molar-refractivity contribution is 7.91. The first-order chi connectivity index (χ1) is 11.0. The van der Waals surface area contributed by atoms with E-state index in [9.17, 15) is 8.42 Å². The van der Waals surface area contributed by atoms with Crippen molar-refractivity contribution in [2.24, 2.45) is 0 Å². The van der Waals surface area contributed by atoms with Crippen LogP contribution in [0.1, 0.15) is 5.56 Å². The summed E-state index contributed by atoms with van der Waals surface area (Å²) in [5, 5.41) is 3.02. The van der Waals surface area contributed by atoms with Gasteiger partial charge < -0.3 is 14.8 Å². The molecule has 1 heterocycles. The van der Waals surface area contributed by atoms with Gasteiger partial charge in [-0.1, -0.05) is 12.1 Å². The van der Waals surface area contributed by atoms with Crippen LogP contribution < -0.4 is 14.8 Å². The van der Waals surface area contributed by atoms with Gasteiger partial charge in [0.2, 0.25) is 9.84 Å². The maximum absolute atomic E-state index is 12.8. The molecule has 0 spiro atoms. The van der Waals surface area contributed by atoms with Crippen LogP contribution in [0.2, 0.25) is 0 Å². The lowest BCUT2D eigenvalue weighted by atomic mass is 10.2. The molecule has 1 atom stereocenters. The zero-order valence-corrected chi connectivity index (χ0v) is 13.9. The Hall–Kier alpha value is -2.05. The Kier molecular flexibility index (Phi) is 4.28. The average Bonchev–Trinajstić information content (AvgIpc) is 2.54. The van der Waals surface area contributed by atoms with Crippen molar-refractivity contribution in [3.05, 3.63) is 48.0 Å². The number of nitrogens with one attached hydrogen (secondary N) is 1. The van der Waals surface area contributed by atoms with Gasteiger partial charge in [-0.05, 0) is 43.8 Å². The number of sulfone groups is 1. The quantitative estimate of drug-likeness (QED) is 0.929. The summed E-state index contributed by atoms with van der Waals surface area (Å²) in [4.78, 5) is 0.483. The number of benzene rings is 2. The summed E-state index contributed by atoms with van der Waals surface area (Å²) in [6.45, 7) is 2.94. The Morgan fingerprint density at radius 2 is 1.91 bits per heavy atom. The lowest BCUT2D eigenvalue weighted by molar-refractivity contribution is 0.0915. The molecule has 5 nitrogen and oxygen atoms in total. The van der Waals surface area contributed by atoms with Crippen molar-refractivity contribution in [1.29, 1.82) is 0 Å². The molecule has 0 fully saturated rings. The Labute approximate surface area is 136 Å². The van der Waals surface area contributed by atoms with E-state index in [-0.39, 0.29) is 15.9 Å². The minimum absolute atomic E-state index is 0.135. The van der Waals surface area contributed by atoms with E-state index in [1.807, 2.05) is 20.0 Å². The summed E-state index contributed by atoms with van der Waals surface area (Å²) in [6.07, 6.45) is -0.135. The van der Waals surface area contributed by atoms with Crippen LogP contribution in [0.5, 0.6) is 11.5 Å². The van der Waals surface area contributed by atoms with E-state index >= 15 is 0 Å². The van der Waals surface area contributed by atoms with Crippen molar-refractivity contribution < 1.29 is 17.9 Å². The standard InChI is InChI=1S/C17H19NO4S/c1-12-4-3-5-14(8-12)23(19,20)15-6-7-16-17(9-15)22-13(10-18-2)11-21-16/h3-9,13,18H,10-11H2,1-2H3. The first kappa shape index (κ1) is 15.8. The zero-order valence-electron chi connectivity index (χ0n) is 13.1. The fourth-order valence-electron chi connectivity index (χ4n) is 2.51. The fraction of sp³-hybridized carbons (Fsp3) is 0.294. The van der Waals surface area contributed by atoms with E-state index in [0.717, 1.165) is 5.56 Å². The van der Waals surface area contributed by atoms with Gasteiger partial charge in [0.25, 0.3) is 0 Å². The molecular weight excluding hydrogens is 314 g/mol. The number of rotatable bonds is 4. The van der Waals surface area contributed by atoms with Gasteiger partial charge in [-0.3, -0.25) is 0 Å². The molecule has 2 aromatic carbocycles. The van der Waals surface area contributed by atoms with E-state index in [1.54, 1.807) is 30.3 Å². The maximum Gasteiger partial charge on any atom is 0.206 e. The van der Waals surface area contributed by atoms with Gasteiger partial charge in [0.1, 0.15) is 12.7 Å². The van der Waals surface area contributed by atoms with Crippen molar-refractivity contribution in [2.45, 2.75) is 22.8 Å². The summed E-state index contributed by atoms with van der Waals surface area (Å²) >= 11 is 0. The van der Waals surface area contributed by atoms with Gasteiger partial charge in [0.15, 0.2) is 11.5 Å². The zero-order chi connectivity index (χ0) is 16.4. The molecule has 2 aromatic rings. The van der Waals surface area contributed by atoms with Gasteiger partial charge in [0, 0.05) is 12.6 Å². The summed E-state index contributed by atoms with van der Waals surface area (Å²) in [5.74, 6) is 1.03. The molecule has 0 saturated heterocycles. The van der Waals surface area contributed by atoms with Crippen molar-refractivity contribution in [3.63, 3.8) is 0 Å². The van der Waals surface area contributed by atoms with Crippen molar-refractivity contribution in [2.75, 3.05) is 20.2 Å². The van der Waals surface area contributed by atoms with Crippen LogP contribution in [0.15, 0.2) is 52.3 Å². The van der Waals surface area contributed by atoms with E-state index in [2.05, 4.69) is 5.32 Å². The molecule has 0 radical (unpaired) electrons. The van der Waals surface area contributed by atoms with Crippen LogP contribution in [-0.4, -0.2) is 34.7 Å². The summed E-state index contributed by atoms with van der Waals surface area (Å²) in [6, 6.07) is 11.6. The second kappa shape index (κ2) is 6.22. The Morgan fingerprint density at radius 1 is 1.13 bits per heavy atom. The van der Waals surface area contributed by atoms with Crippen LogP contribution in [0.4, 0.5) is 0 Å². The molecule has 1 unspecified atom stereocenters. The number of hydrogen-bond donors (Lipinski definition) is 1. The molecule has 0 saturated carbocycles. The predicted octanol–water partition coefficient (Wildman–Crippen LogP) is 2.19. The molecule has 0 aliphatic carbocycles. The van der Waals surface area contributed by atoms with Gasteiger partial charge in [-0.2, -0.15) is 0 Å².